The second-order valence-electron chi connectivity index (χ2n) is 4.93. The van der Waals surface area contributed by atoms with Gasteiger partial charge in [-0.3, -0.25) is 4.79 Å². The fourth-order valence-electron chi connectivity index (χ4n) is 1.53. The van der Waals surface area contributed by atoms with Crippen LogP contribution in [-0.2, 0) is 10.2 Å². The molecule has 0 saturated heterocycles. The van der Waals surface area contributed by atoms with Gasteiger partial charge in [-0.05, 0) is 19.1 Å². The first-order valence-corrected chi connectivity index (χ1v) is 5.58. The number of nitrogens with two attached hydrogens (primary N) is 1. The Bertz CT molecular complexity index is 328. The molecule has 0 saturated carbocycles. The van der Waals surface area contributed by atoms with Crippen molar-refractivity contribution in [1.29, 1.82) is 0 Å². The molecule has 1 heterocycles. The molecule has 16 heavy (non-hydrogen) atoms. The zero-order valence-corrected chi connectivity index (χ0v) is 10.2. The number of rotatable bonds is 5. The molecule has 0 aromatic carbocycles. The maximum atomic E-state index is 11.5. The average molecular weight is 223 g/mol. The van der Waals surface area contributed by atoms with Crippen LogP contribution in [0.15, 0.2) is 18.3 Å². The summed E-state index contributed by atoms with van der Waals surface area (Å²) in [6, 6.07) is 3.90. The third-order valence-corrected chi connectivity index (χ3v) is 2.56. The molecule has 4 N–H and O–H groups in total. The van der Waals surface area contributed by atoms with Crippen molar-refractivity contribution >= 4 is 5.91 Å². The van der Waals surface area contributed by atoms with Gasteiger partial charge in [0.1, 0.15) is 0 Å². The van der Waals surface area contributed by atoms with Crippen molar-refractivity contribution in [3.05, 3.63) is 24.0 Å². The minimum absolute atomic E-state index is 0.00892. The average Bonchev–Trinajstić information content (AvgIpc) is 2.67. The molecular weight excluding hydrogens is 202 g/mol. The summed E-state index contributed by atoms with van der Waals surface area (Å²) in [6.07, 6.45) is 2.27. The van der Waals surface area contributed by atoms with Gasteiger partial charge in [0, 0.05) is 36.3 Å². The van der Waals surface area contributed by atoms with Crippen LogP contribution in [0.25, 0.3) is 0 Å². The molecule has 0 fully saturated rings. The van der Waals surface area contributed by atoms with Gasteiger partial charge in [0.25, 0.3) is 0 Å². The molecule has 1 amide bonds. The lowest BCUT2D eigenvalue weighted by molar-refractivity contribution is -0.121. The number of carbonyl (C=O) groups is 1. The van der Waals surface area contributed by atoms with E-state index in [1.54, 1.807) is 0 Å². The summed E-state index contributed by atoms with van der Waals surface area (Å²) in [7, 11) is 0. The van der Waals surface area contributed by atoms with E-state index in [-0.39, 0.29) is 17.4 Å². The van der Waals surface area contributed by atoms with Crippen LogP contribution >= 0.6 is 0 Å². The van der Waals surface area contributed by atoms with E-state index in [0.717, 1.165) is 5.69 Å². The predicted molar refractivity (Wildman–Crippen MR) is 65.1 cm³/mol. The highest BCUT2D eigenvalue weighted by Crippen LogP contribution is 2.19. The highest BCUT2D eigenvalue weighted by Gasteiger charge is 2.22. The molecule has 1 unspecified atom stereocenters. The van der Waals surface area contributed by atoms with E-state index in [2.05, 4.69) is 24.1 Å². The quantitative estimate of drug-likeness (QED) is 0.700. The summed E-state index contributed by atoms with van der Waals surface area (Å²) in [5.41, 5.74) is 6.59. The van der Waals surface area contributed by atoms with Crippen molar-refractivity contribution in [3.63, 3.8) is 0 Å². The smallest absolute Gasteiger partial charge is 0.221 e. The molecule has 1 aromatic heterocycles. The SMILES string of the molecule is CC(N)CC(=O)NCC(C)(C)c1ccc[nH]1. The molecule has 4 heteroatoms. The molecule has 1 aromatic rings. The Balaban J connectivity index is 2.45. The summed E-state index contributed by atoms with van der Waals surface area (Å²) in [4.78, 5) is 14.6. The van der Waals surface area contributed by atoms with E-state index in [1.807, 2.05) is 25.3 Å². The number of hydrogen-bond donors (Lipinski definition) is 3. The zero-order valence-electron chi connectivity index (χ0n) is 10.2. The minimum atomic E-state index is -0.0893. The molecule has 0 aliphatic heterocycles. The van der Waals surface area contributed by atoms with Gasteiger partial charge < -0.3 is 16.0 Å². The van der Waals surface area contributed by atoms with Gasteiger partial charge in [-0.25, -0.2) is 0 Å². The number of aromatic nitrogens is 1. The Hall–Kier alpha value is -1.29. The highest BCUT2D eigenvalue weighted by molar-refractivity contribution is 5.76. The second kappa shape index (κ2) is 5.16. The van der Waals surface area contributed by atoms with Crippen molar-refractivity contribution in [2.45, 2.75) is 38.6 Å². The van der Waals surface area contributed by atoms with Crippen LogP contribution in [0.1, 0.15) is 32.9 Å². The van der Waals surface area contributed by atoms with Crippen LogP contribution in [0.3, 0.4) is 0 Å². The number of carbonyl (C=O) groups excluding carboxylic acids is 1. The monoisotopic (exact) mass is 223 g/mol. The number of aromatic amines is 1. The molecule has 1 rings (SSSR count). The Kier molecular flexibility index (Phi) is 4.12. The lowest BCUT2D eigenvalue weighted by Crippen LogP contribution is -2.38. The van der Waals surface area contributed by atoms with E-state index in [9.17, 15) is 4.79 Å². The molecule has 90 valence electrons. The number of amides is 1. The Morgan fingerprint density at radius 1 is 1.62 bits per heavy atom. The van der Waals surface area contributed by atoms with Crippen molar-refractivity contribution in [3.8, 4) is 0 Å². The standard InChI is InChI=1S/C12H21N3O/c1-9(13)7-11(16)15-8-12(2,3)10-5-4-6-14-10/h4-6,9,14H,7-8,13H2,1-3H3,(H,15,16). The third-order valence-electron chi connectivity index (χ3n) is 2.56. The van der Waals surface area contributed by atoms with Crippen LogP contribution in [0.5, 0.6) is 0 Å². The topological polar surface area (TPSA) is 70.9 Å². The fraction of sp³-hybridized carbons (Fsp3) is 0.583. The lowest BCUT2D eigenvalue weighted by atomic mass is 9.89. The second-order valence-corrected chi connectivity index (χ2v) is 4.93. The molecule has 0 aliphatic rings. The largest absolute Gasteiger partial charge is 0.364 e. The first kappa shape index (κ1) is 12.8. The normalized spacial score (nSPS) is 13.5. The molecule has 0 radical (unpaired) electrons. The Morgan fingerprint density at radius 3 is 2.81 bits per heavy atom. The van der Waals surface area contributed by atoms with Crippen LogP contribution in [0.2, 0.25) is 0 Å². The van der Waals surface area contributed by atoms with E-state index >= 15 is 0 Å². The van der Waals surface area contributed by atoms with Crippen LogP contribution in [-0.4, -0.2) is 23.5 Å². The maximum Gasteiger partial charge on any atom is 0.221 e. The molecule has 1 atom stereocenters. The fourth-order valence-corrected chi connectivity index (χ4v) is 1.53. The Morgan fingerprint density at radius 2 is 2.31 bits per heavy atom. The van der Waals surface area contributed by atoms with Crippen molar-refractivity contribution in [2.75, 3.05) is 6.54 Å². The van der Waals surface area contributed by atoms with Gasteiger partial charge in [-0.15, -0.1) is 0 Å². The van der Waals surface area contributed by atoms with Gasteiger partial charge in [0.15, 0.2) is 0 Å². The number of hydrogen-bond acceptors (Lipinski definition) is 2. The van der Waals surface area contributed by atoms with E-state index in [0.29, 0.717) is 13.0 Å². The Labute approximate surface area is 96.6 Å². The highest BCUT2D eigenvalue weighted by atomic mass is 16.1. The van der Waals surface area contributed by atoms with Crippen molar-refractivity contribution in [1.82, 2.24) is 10.3 Å². The van der Waals surface area contributed by atoms with Gasteiger partial charge in [-0.2, -0.15) is 0 Å². The summed E-state index contributed by atoms with van der Waals surface area (Å²) in [6.45, 7) is 6.62. The summed E-state index contributed by atoms with van der Waals surface area (Å²) in [5.74, 6) is 0.00892. The number of H-pyrrole nitrogens is 1. The molecule has 0 aliphatic carbocycles. The summed E-state index contributed by atoms with van der Waals surface area (Å²) < 4.78 is 0. The first-order chi connectivity index (χ1) is 7.42. The minimum Gasteiger partial charge on any atom is -0.364 e. The molecule has 0 bridgehead atoms. The van der Waals surface area contributed by atoms with Crippen molar-refractivity contribution < 1.29 is 4.79 Å². The van der Waals surface area contributed by atoms with E-state index in [1.165, 1.54) is 0 Å². The summed E-state index contributed by atoms with van der Waals surface area (Å²) >= 11 is 0. The van der Waals surface area contributed by atoms with Gasteiger partial charge >= 0.3 is 0 Å². The first-order valence-electron chi connectivity index (χ1n) is 5.58. The van der Waals surface area contributed by atoms with Crippen LogP contribution in [0, 0.1) is 0 Å². The van der Waals surface area contributed by atoms with Gasteiger partial charge in [0.2, 0.25) is 5.91 Å². The number of nitrogens with one attached hydrogen (secondary N) is 2. The third kappa shape index (κ3) is 3.70. The zero-order chi connectivity index (χ0) is 12.2. The van der Waals surface area contributed by atoms with E-state index in [4.69, 9.17) is 5.73 Å². The van der Waals surface area contributed by atoms with Gasteiger partial charge in [0.05, 0.1) is 0 Å². The van der Waals surface area contributed by atoms with Crippen LogP contribution < -0.4 is 11.1 Å². The summed E-state index contributed by atoms with van der Waals surface area (Å²) in [5, 5.41) is 2.90. The predicted octanol–water partition coefficient (Wildman–Crippen LogP) is 1.15. The molecule has 0 spiro atoms. The van der Waals surface area contributed by atoms with Gasteiger partial charge in [-0.1, -0.05) is 13.8 Å². The molecule has 4 nitrogen and oxygen atoms in total. The van der Waals surface area contributed by atoms with Crippen molar-refractivity contribution in [2.24, 2.45) is 5.73 Å². The van der Waals surface area contributed by atoms with E-state index < -0.39 is 0 Å². The maximum absolute atomic E-state index is 11.5. The van der Waals surface area contributed by atoms with Crippen LogP contribution in [0.4, 0.5) is 0 Å². The lowest BCUT2D eigenvalue weighted by Gasteiger charge is -2.24. The molecular formula is C12H21N3O.